The molecule has 2 unspecified atom stereocenters. The van der Waals surface area contributed by atoms with Crippen molar-refractivity contribution in [3.05, 3.63) is 5.82 Å². The van der Waals surface area contributed by atoms with Crippen LogP contribution in [0.1, 0.15) is 91.3 Å². The average molecular weight is 475 g/mol. The summed E-state index contributed by atoms with van der Waals surface area (Å²) in [6, 6.07) is 0.255. The summed E-state index contributed by atoms with van der Waals surface area (Å²) < 4.78 is 14.1. The Kier molecular flexibility index (Phi) is 9.92. The number of imidazole rings is 1. The minimum atomic E-state index is -0.00387. The fourth-order valence-corrected chi connectivity index (χ4v) is 4.65. The van der Waals surface area contributed by atoms with Crippen LogP contribution in [-0.4, -0.2) is 50.5 Å². The number of rotatable bonds is 13. The summed E-state index contributed by atoms with van der Waals surface area (Å²) in [6.45, 7) is 9.33. The molecule has 0 radical (unpaired) electrons. The highest BCUT2D eigenvalue weighted by Crippen LogP contribution is 2.29. The lowest BCUT2D eigenvalue weighted by Crippen LogP contribution is -2.41. The van der Waals surface area contributed by atoms with E-state index in [1.807, 2.05) is 13.8 Å². The molecular weight excluding hydrogens is 432 g/mol. The molecule has 0 aromatic carbocycles. The Morgan fingerprint density at radius 3 is 2.76 bits per heavy atom. The van der Waals surface area contributed by atoms with Gasteiger partial charge in [0.25, 0.3) is 5.88 Å². The Balaban J connectivity index is 1.56. The SMILES string of the molecule is CCCCc1nc2c(N)nnc(OC(C)C)c2n1CCCCCCC1CC(NC(C)=O)CCO1. The third kappa shape index (κ3) is 7.29. The molecule has 0 bridgehead atoms. The Morgan fingerprint density at radius 2 is 2.03 bits per heavy atom. The molecular formula is C25H42N6O3. The smallest absolute Gasteiger partial charge is 0.260 e. The van der Waals surface area contributed by atoms with Crippen LogP contribution in [0.15, 0.2) is 0 Å². The number of ether oxygens (including phenoxy) is 2. The first-order valence-corrected chi connectivity index (χ1v) is 13.0. The van der Waals surface area contributed by atoms with Gasteiger partial charge in [-0.15, -0.1) is 10.2 Å². The van der Waals surface area contributed by atoms with Gasteiger partial charge in [0.2, 0.25) is 5.91 Å². The molecule has 1 amide bonds. The van der Waals surface area contributed by atoms with E-state index in [9.17, 15) is 4.79 Å². The number of fused-ring (bicyclic) bond motifs is 1. The first-order valence-electron chi connectivity index (χ1n) is 13.0. The number of unbranched alkanes of at least 4 members (excludes halogenated alkanes) is 4. The fraction of sp³-hybridized carbons (Fsp3) is 0.760. The maximum Gasteiger partial charge on any atom is 0.260 e. The van der Waals surface area contributed by atoms with E-state index in [-0.39, 0.29) is 24.2 Å². The molecule has 2 aromatic heterocycles. The zero-order chi connectivity index (χ0) is 24.5. The molecule has 34 heavy (non-hydrogen) atoms. The predicted octanol–water partition coefficient (Wildman–Crippen LogP) is 4.17. The lowest BCUT2D eigenvalue weighted by molar-refractivity contribution is -0.120. The van der Waals surface area contributed by atoms with Crippen molar-refractivity contribution in [2.45, 2.75) is 117 Å². The van der Waals surface area contributed by atoms with E-state index in [0.717, 1.165) is 88.7 Å². The van der Waals surface area contributed by atoms with Crippen molar-refractivity contribution in [1.29, 1.82) is 0 Å². The van der Waals surface area contributed by atoms with E-state index in [1.165, 1.54) is 0 Å². The highest BCUT2D eigenvalue weighted by atomic mass is 16.5. The molecule has 0 spiro atoms. The molecule has 190 valence electrons. The van der Waals surface area contributed by atoms with Crippen LogP contribution in [0, 0.1) is 0 Å². The maximum absolute atomic E-state index is 11.3. The molecule has 2 aromatic rings. The van der Waals surface area contributed by atoms with Gasteiger partial charge in [0.15, 0.2) is 5.82 Å². The summed E-state index contributed by atoms with van der Waals surface area (Å²) in [7, 11) is 0. The number of anilines is 1. The Bertz CT molecular complexity index is 929. The zero-order valence-corrected chi connectivity index (χ0v) is 21.3. The van der Waals surface area contributed by atoms with E-state index >= 15 is 0 Å². The van der Waals surface area contributed by atoms with Crippen LogP contribution >= 0.6 is 0 Å². The topological polar surface area (TPSA) is 117 Å². The lowest BCUT2D eigenvalue weighted by Gasteiger charge is -2.30. The summed E-state index contributed by atoms with van der Waals surface area (Å²) in [4.78, 5) is 16.2. The second kappa shape index (κ2) is 12.9. The molecule has 0 aliphatic carbocycles. The monoisotopic (exact) mass is 474 g/mol. The number of nitrogens with two attached hydrogens (primary N) is 1. The van der Waals surface area contributed by atoms with Gasteiger partial charge in [-0.2, -0.15) is 0 Å². The Morgan fingerprint density at radius 1 is 1.24 bits per heavy atom. The largest absolute Gasteiger partial charge is 0.472 e. The third-order valence-corrected chi connectivity index (χ3v) is 6.27. The number of nitrogens with zero attached hydrogens (tertiary/aromatic N) is 4. The van der Waals surface area contributed by atoms with Crippen LogP contribution in [0.4, 0.5) is 5.82 Å². The van der Waals surface area contributed by atoms with Crippen LogP contribution in [0.25, 0.3) is 11.0 Å². The van der Waals surface area contributed by atoms with Crippen LogP contribution in [-0.2, 0) is 22.5 Å². The number of aromatic nitrogens is 4. The second-order valence-corrected chi connectivity index (χ2v) is 9.65. The van der Waals surface area contributed by atoms with E-state index in [4.69, 9.17) is 20.2 Å². The van der Waals surface area contributed by atoms with Gasteiger partial charge in [-0.3, -0.25) is 4.79 Å². The highest BCUT2D eigenvalue weighted by molar-refractivity contribution is 5.88. The Labute approximate surface area is 203 Å². The molecule has 0 saturated carbocycles. The summed E-state index contributed by atoms with van der Waals surface area (Å²) in [5.41, 5.74) is 7.69. The number of hydrogen-bond acceptors (Lipinski definition) is 7. The highest BCUT2D eigenvalue weighted by Gasteiger charge is 2.23. The molecule has 1 aliphatic rings. The van der Waals surface area contributed by atoms with Crippen molar-refractivity contribution in [1.82, 2.24) is 25.1 Å². The van der Waals surface area contributed by atoms with Gasteiger partial charge >= 0.3 is 0 Å². The van der Waals surface area contributed by atoms with Crippen molar-refractivity contribution in [2.24, 2.45) is 0 Å². The Hall–Kier alpha value is -2.42. The van der Waals surface area contributed by atoms with Crippen molar-refractivity contribution < 1.29 is 14.3 Å². The molecule has 9 nitrogen and oxygen atoms in total. The third-order valence-electron chi connectivity index (χ3n) is 6.27. The van der Waals surface area contributed by atoms with Crippen LogP contribution in [0.5, 0.6) is 5.88 Å². The second-order valence-electron chi connectivity index (χ2n) is 9.65. The molecule has 3 rings (SSSR count). The van der Waals surface area contributed by atoms with Gasteiger partial charge in [0.1, 0.15) is 16.9 Å². The summed E-state index contributed by atoms with van der Waals surface area (Å²) in [5, 5.41) is 11.3. The van der Waals surface area contributed by atoms with Crippen LogP contribution in [0.2, 0.25) is 0 Å². The normalized spacial score (nSPS) is 18.5. The summed E-state index contributed by atoms with van der Waals surface area (Å²) >= 11 is 0. The van der Waals surface area contributed by atoms with Crippen molar-refractivity contribution in [3.8, 4) is 5.88 Å². The molecule has 1 aliphatic heterocycles. The number of carbonyl (C=O) groups is 1. The number of nitrogen functional groups attached to an aromatic ring is 1. The lowest BCUT2D eigenvalue weighted by atomic mass is 9.98. The van der Waals surface area contributed by atoms with Gasteiger partial charge in [-0.05, 0) is 46.0 Å². The average Bonchev–Trinajstić information content (AvgIpc) is 3.15. The molecule has 2 atom stereocenters. The number of hydrogen-bond donors (Lipinski definition) is 2. The first kappa shape index (κ1) is 26.2. The number of nitrogens with one attached hydrogen (secondary N) is 1. The molecule has 9 heteroatoms. The van der Waals surface area contributed by atoms with Gasteiger partial charge in [0.05, 0.1) is 12.2 Å². The minimum Gasteiger partial charge on any atom is -0.472 e. The van der Waals surface area contributed by atoms with Crippen LogP contribution < -0.4 is 15.8 Å². The first-order chi connectivity index (χ1) is 16.4. The van der Waals surface area contributed by atoms with Gasteiger partial charge in [-0.25, -0.2) is 4.98 Å². The predicted molar refractivity (Wildman–Crippen MR) is 134 cm³/mol. The maximum atomic E-state index is 11.3. The molecule has 3 N–H and O–H groups in total. The number of amides is 1. The van der Waals surface area contributed by atoms with Crippen molar-refractivity contribution in [3.63, 3.8) is 0 Å². The fourth-order valence-electron chi connectivity index (χ4n) is 4.65. The quantitative estimate of drug-likeness (QED) is 0.418. The molecule has 3 heterocycles. The number of carbonyl (C=O) groups excluding carboxylic acids is 1. The molecule has 1 saturated heterocycles. The summed E-state index contributed by atoms with van der Waals surface area (Å²) in [6.07, 6.45) is 10.7. The standard InChI is InChI=1S/C25H42N6O3/c1-5-6-12-21-28-22-23(25(34-17(2)3)30-29-24(22)26)31(21)14-10-8-7-9-11-20-16-19(13-15-33-20)27-18(4)32/h17,19-20H,5-16H2,1-4H3,(H2,26,29)(H,27,32). The van der Waals surface area contributed by atoms with Crippen molar-refractivity contribution in [2.75, 3.05) is 12.3 Å². The zero-order valence-electron chi connectivity index (χ0n) is 21.3. The van der Waals surface area contributed by atoms with E-state index in [1.54, 1.807) is 6.92 Å². The molecule has 1 fully saturated rings. The summed E-state index contributed by atoms with van der Waals surface area (Å²) in [5.74, 6) is 1.95. The van der Waals surface area contributed by atoms with Crippen molar-refractivity contribution >= 4 is 22.8 Å². The van der Waals surface area contributed by atoms with E-state index in [2.05, 4.69) is 27.0 Å². The van der Waals surface area contributed by atoms with E-state index < -0.39 is 0 Å². The van der Waals surface area contributed by atoms with E-state index in [0.29, 0.717) is 17.2 Å². The van der Waals surface area contributed by atoms with Gasteiger partial charge in [-0.1, -0.05) is 32.6 Å². The van der Waals surface area contributed by atoms with Crippen LogP contribution in [0.3, 0.4) is 0 Å². The minimum absolute atomic E-state index is 0.00387. The van der Waals surface area contributed by atoms with Gasteiger partial charge < -0.3 is 25.1 Å². The number of aryl methyl sites for hydroxylation is 2. The van der Waals surface area contributed by atoms with Gasteiger partial charge in [0, 0.05) is 32.5 Å².